The van der Waals surface area contributed by atoms with Crippen LogP contribution in [0.2, 0.25) is 5.02 Å². The number of urea groups is 1. The predicted molar refractivity (Wildman–Crippen MR) is 157 cm³/mol. The van der Waals surface area contributed by atoms with E-state index in [-0.39, 0.29) is 41.7 Å². The number of halogens is 2. The molecule has 14 heteroatoms. The van der Waals surface area contributed by atoms with Crippen molar-refractivity contribution >= 4 is 46.7 Å². The van der Waals surface area contributed by atoms with Crippen LogP contribution in [-0.4, -0.2) is 102 Å². The molecule has 2 amide bonds. The number of methoxy groups -OCH3 is 1. The van der Waals surface area contributed by atoms with Gasteiger partial charge in [-0.25, -0.2) is 19.0 Å². The maximum Gasteiger partial charge on any atom is 0.338 e. The summed E-state index contributed by atoms with van der Waals surface area (Å²) in [5.74, 6) is -1.05. The van der Waals surface area contributed by atoms with Crippen molar-refractivity contribution in [1.82, 2.24) is 25.0 Å². The van der Waals surface area contributed by atoms with Crippen molar-refractivity contribution in [3.05, 3.63) is 62.5 Å². The molecule has 1 aliphatic carbocycles. The number of ether oxygens (including phenoxy) is 2. The molecule has 11 nitrogen and oxygen atoms in total. The molecule has 1 aromatic heterocycles. The van der Waals surface area contributed by atoms with Crippen LogP contribution in [0.25, 0.3) is 0 Å². The SMILES string of the molecule is CCOC(=O)C1=C(CN2CCN3C(=O)N(C4(CC(=O)OC)CC4)C[C@@H]3C2)NC(c2nccs2)=N[C@H]1c1cccc(F)c1Cl. The molecule has 2 atom stereocenters. The molecule has 3 fully saturated rings. The van der Waals surface area contributed by atoms with E-state index < -0.39 is 23.4 Å². The fourth-order valence-electron chi connectivity index (χ4n) is 6.14. The average Bonchev–Trinajstić information content (AvgIpc) is 3.39. The van der Waals surface area contributed by atoms with Crippen LogP contribution in [0.5, 0.6) is 0 Å². The number of carbonyl (C=O) groups excluding carboxylic acids is 3. The zero-order chi connectivity index (χ0) is 30.3. The first-order valence-electron chi connectivity index (χ1n) is 14.2. The lowest BCUT2D eigenvalue weighted by atomic mass is 9.95. The van der Waals surface area contributed by atoms with Crippen LogP contribution in [0.3, 0.4) is 0 Å². The largest absolute Gasteiger partial charge is 0.469 e. The standard InChI is InChI=1S/C29H32ClFN6O5S/c1-3-42-27(39)22-20(33-25(26-32-9-12-43-26)34-24(22)18-5-4-6-19(31)23(18)30)16-35-10-11-36-17(14-35)15-37(28(36)40)29(7-8-29)13-21(38)41-2/h4-6,9,12,17,24H,3,7-8,10-11,13-16H2,1-2H3,(H,33,34)/t17-,24-/m0/s1. The summed E-state index contributed by atoms with van der Waals surface area (Å²) in [7, 11) is 1.36. The smallest absolute Gasteiger partial charge is 0.338 e. The van der Waals surface area contributed by atoms with Crippen molar-refractivity contribution in [3.8, 4) is 0 Å². The van der Waals surface area contributed by atoms with Crippen LogP contribution in [0, 0.1) is 5.82 Å². The third kappa shape index (κ3) is 5.61. The summed E-state index contributed by atoms with van der Waals surface area (Å²) in [5.41, 5.74) is 0.687. The number of benzene rings is 1. The number of carbonyl (C=O) groups is 3. The molecular formula is C29H32ClFN6O5S. The molecule has 0 unspecified atom stereocenters. The zero-order valence-corrected chi connectivity index (χ0v) is 25.4. The van der Waals surface area contributed by atoms with Gasteiger partial charge in [0.25, 0.3) is 0 Å². The van der Waals surface area contributed by atoms with Gasteiger partial charge < -0.3 is 24.6 Å². The Morgan fingerprint density at radius 2 is 2.07 bits per heavy atom. The Labute approximate surface area is 257 Å². The highest BCUT2D eigenvalue weighted by molar-refractivity contribution is 7.11. The molecule has 0 spiro atoms. The maximum absolute atomic E-state index is 14.6. The lowest BCUT2D eigenvalue weighted by Crippen LogP contribution is -2.53. The normalized spacial score (nSPS) is 23.1. The van der Waals surface area contributed by atoms with E-state index in [2.05, 4.69) is 15.2 Å². The highest BCUT2D eigenvalue weighted by atomic mass is 35.5. The number of thiazole rings is 1. The quantitative estimate of drug-likeness (QED) is 0.420. The van der Waals surface area contributed by atoms with Crippen LogP contribution >= 0.6 is 22.9 Å². The van der Waals surface area contributed by atoms with E-state index in [1.807, 2.05) is 15.2 Å². The van der Waals surface area contributed by atoms with Crippen molar-refractivity contribution in [2.75, 3.05) is 46.4 Å². The van der Waals surface area contributed by atoms with Crippen molar-refractivity contribution in [2.24, 2.45) is 4.99 Å². The summed E-state index contributed by atoms with van der Waals surface area (Å²) in [5, 5.41) is 5.64. The molecule has 2 aromatic rings. The van der Waals surface area contributed by atoms with Crippen molar-refractivity contribution in [3.63, 3.8) is 0 Å². The van der Waals surface area contributed by atoms with Gasteiger partial charge in [-0.15, -0.1) is 11.3 Å². The minimum Gasteiger partial charge on any atom is -0.469 e. The number of hydrogen-bond acceptors (Lipinski definition) is 10. The van der Waals surface area contributed by atoms with Gasteiger partial charge in [-0.05, 0) is 25.8 Å². The molecule has 6 rings (SSSR count). The van der Waals surface area contributed by atoms with Crippen LogP contribution in [0.4, 0.5) is 9.18 Å². The highest BCUT2D eigenvalue weighted by Crippen LogP contribution is 2.47. The van der Waals surface area contributed by atoms with Crippen molar-refractivity contribution < 1.29 is 28.2 Å². The summed E-state index contributed by atoms with van der Waals surface area (Å²) >= 11 is 7.81. The number of nitrogens with one attached hydrogen (secondary N) is 1. The fraction of sp³-hybridized carbons (Fsp3) is 0.483. The molecule has 4 heterocycles. The van der Waals surface area contributed by atoms with Crippen molar-refractivity contribution in [1.29, 1.82) is 0 Å². The van der Waals surface area contributed by atoms with Crippen LogP contribution in [-0.2, 0) is 19.1 Å². The first kappa shape index (κ1) is 29.5. The predicted octanol–water partition coefficient (Wildman–Crippen LogP) is 3.36. The fourth-order valence-corrected chi connectivity index (χ4v) is 6.96. The average molecular weight is 631 g/mol. The Bertz CT molecular complexity index is 1500. The van der Waals surface area contributed by atoms with E-state index in [4.69, 9.17) is 26.1 Å². The number of amides is 2. The molecule has 43 heavy (non-hydrogen) atoms. The van der Waals surface area contributed by atoms with Crippen LogP contribution in [0.1, 0.15) is 42.8 Å². The Kier molecular flexibility index (Phi) is 8.14. The molecule has 1 saturated carbocycles. The maximum atomic E-state index is 14.6. The summed E-state index contributed by atoms with van der Waals surface area (Å²) in [6.07, 6.45) is 3.41. The van der Waals surface area contributed by atoms with E-state index in [0.29, 0.717) is 54.8 Å². The number of rotatable bonds is 9. The molecule has 228 valence electrons. The number of aliphatic imine (C=N–C) groups is 1. The number of hydrogen-bond donors (Lipinski definition) is 1. The van der Waals surface area contributed by atoms with E-state index in [1.54, 1.807) is 19.2 Å². The zero-order valence-electron chi connectivity index (χ0n) is 23.8. The molecular weight excluding hydrogens is 599 g/mol. The first-order chi connectivity index (χ1) is 20.7. The van der Waals surface area contributed by atoms with Gasteiger partial charge in [0.15, 0.2) is 10.8 Å². The minimum atomic E-state index is -0.921. The van der Waals surface area contributed by atoms with E-state index in [0.717, 1.165) is 12.8 Å². The number of amidine groups is 1. The Morgan fingerprint density at radius 3 is 2.77 bits per heavy atom. The molecule has 3 aliphatic heterocycles. The number of esters is 2. The summed E-state index contributed by atoms with van der Waals surface area (Å²) in [6.45, 7) is 4.34. The first-order valence-corrected chi connectivity index (χ1v) is 15.5. The van der Waals surface area contributed by atoms with E-state index in [1.165, 1.54) is 30.6 Å². The van der Waals surface area contributed by atoms with E-state index >= 15 is 0 Å². The van der Waals surface area contributed by atoms with Crippen LogP contribution in [0.15, 0.2) is 46.0 Å². The molecule has 4 aliphatic rings. The van der Waals surface area contributed by atoms with Gasteiger partial charge in [0, 0.05) is 55.6 Å². The van der Waals surface area contributed by atoms with Crippen molar-refractivity contribution in [2.45, 2.75) is 43.8 Å². The molecule has 1 aromatic carbocycles. The second-order valence-electron chi connectivity index (χ2n) is 11.1. The third-order valence-electron chi connectivity index (χ3n) is 8.45. The number of fused-ring (bicyclic) bond motifs is 1. The Balaban J connectivity index is 1.29. The lowest BCUT2D eigenvalue weighted by molar-refractivity contribution is -0.142. The Morgan fingerprint density at radius 1 is 1.26 bits per heavy atom. The second-order valence-corrected chi connectivity index (χ2v) is 12.3. The van der Waals surface area contributed by atoms with Gasteiger partial charge in [-0.2, -0.15) is 0 Å². The number of piperazine rings is 1. The molecule has 1 N–H and O–H groups in total. The molecule has 2 saturated heterocycles. The molecule has 0 radical (unpaired) electrons. The summed E-state index contributed by atoms with van der Waals surface area (Å²) in [6, 6.07) is 3.40. The number of nitrogens with zero attached hydrogens (tertiary/aromatic N) is 5. The van der Waals surface area contributed by atoms with Gasteiger partial charge in [-0.3, -0.25) is 14.7 Å². The lowest BCUT2D eigenvalue weighted by Gasteiger charge is -2.38. The summed E-state index contributed by atoms with van der Waals surface area (Å²) in [4.78, 5) is 54.0. The second kappa shape index (κ2) is 11.9. The summed E-state index contributed by atoms with van der Waals surface area (Å²) < 4.78 is 25.0. The topological polar surface area (TPSA) is 117 Å². The monoisotopic (exact) mass is 630 g/mol. The van der Waals surface area contributed by atoms with Gasteiger partial charge in [0.1, 0.15) is 11.9 Å². The van der Waals surface area contributed by atoms with Gasteiger partial charge in [-0.1, -0.05) is 23.7 Å². The van der Waals surface area contributed by atoms with E-state index in [9.17, 15) is 18.8 Å². The van der Waals surface area contributed by atoms with Gasteiger partial charge in [0.2, 0.25) is 0 Å². The Hall–Kier alpha value is -3.55. The highest BCUT2D eigenvalue weighted by Gasteiger charge is 2.57. The van der Waals surface area contributed by atoms with Crippen LogP contribution < -0.4 is 5.32 Å². The molecule has 0 bridgehead atoms. The van der Waals surface area contributed by atoms with Gasteiger partial charge in [0.05, 0.1) is 42.3 Å². The number of aromatic nitrogens is 1. The minimum absolute atomic E-state index is 0.0488. The van der Waals surface area contributed by atoms with Gasteiger partial charge >= 0.3 is 18.0 Å². The third-order valence-corrected chi connectivity index (χ3v) is 9.63.